The second kappa shape index (κ2) is 7.74. The van der Waals surface area contributed by atoms with Crippen molar-refractivity contribution in [3.05, 3.63) is 62.8 Å². The summed E-state index contributed by atoms with van der Waals surface area (Å²) in [4.78, 5) is 13.7. The van der Waals surface area contributed by atoms with Crippen LogP contribution < -0.4 is 4.74 Å². The molecule has 0 aromatic heterocycles. The molecule has 2 aromatic rings. The van der Waals surface area contributed by atoms with Crippen molar-refractivity contribution < 1.29 is 13.9 Å². The van der Waals surface area contributed by atoms with Gasteiger partial charge >= 0.3 is 0 Å². The van der Waals surface area contributed by atoms with Crippen molar-refractivity contribution in [2.24, 2.45) is 0 Å². The van der Waals surface area contributed by atoms with E-state index in [9.17, 15) is 9.18 Å². The molecule has 0 N–H and O–H groups in total. The Hall–Kier alpha value is -1.40. The maximum atomic E-state index is 13.0. The average molecular weight is 431 g/mol. The summed E-state index contributed by atoms with van der Waals surface area (Å²) < 4.78 is 19.9. The molecule has 0 aliphatic carbocycles. The van der Waals surface area contributed by atoms with Crippen molar-refractivity contribution in [3.63, 3.8) is 0 Å². The second-order valence-corrected chi connectivity index (χ2v) is 6.41. The van der Waals surface area contributed by atoms with Crippen LogP contribution in [0.4, 0.5) is 4.39 Å². The predicted octanol–water partition coefficient (Wildman–Crippen LogP) is 4.39. The van der Waals surface area contributed by atoms with Crippen molar-refractivity contribution in [3.8, 4) is 5.75 Å². The van der Waals surface area contributed by atoms with Gasteiger partial charge < -0.3 is 9.64 Å². The lowest BCUT2D eigenvalue weighted by atomic mass is 10.2. The number of hydrogen-bond acceptors (Lipinski definition) is 2. The Balaban J connectivity index is 1.93. The summed E-state index contributed by atoms with van der Waals surface area (Å²) in [5, 5.41) is 0. The maximum absolute atomic E-state index is 13.0. The van der Waals surface area contributed by atoms with Gasteiger partial charge in [0.15, 0.2) is 6.61 Å². The van der Waals surface area contributed by atoms with Gasteiger partial charge in [-0.2, -0.15) is 0 Å². The van der Waals surface area contributed by atoms with Gasteiger partial charge in [0.05, 0.1) is 4.47 Å². The van der Waals surface area contributed by atoms with E-state index in [1.807, 2.05) is 24.3 Å². The van der Waals surface area contributed by atoms with Gasteiger partial charge in [0.1, 0.15) is 11.6 Å². The molecular formula is C16H14Br2FNO2. The van der Waals surface area contributed by atoms with Crippen LogP contribution in [0, 0.1) is 5.82 Å². The molecule has 116 valence electrons. The summed E-state index contributed by atoms with van der Waals surface area (Å²) >= 11 is 6.66. The molecule has 3 nitrogen and oxygen atoms in total. The fraction of sp³-hybridized carbons (Fsp3) is 0.188. The van der Waals surface area contributed by atoms with Crippen molar-refractivity contribution in [1.29, 1.82) is 0 Å². The Kier molecular flexibility index (Phi) is 5.97. The minimum absolute atomic E-state index is 0.106. The molecule has 0 atom stereocenters. The van der Waals surface area contributed by atoms with Crippen LogP contribution in [0.25, 0.3) is 0 Å². The SMILES string of the molecule is CN(Cc1ccccc1Br)C(=O)COc1ccc(F)cc1Br. The molecule has 2 rings (SSSR count). The number of likely N-dealkylation sites (N-methyl/N-ethyl adjacent to an activating group) is 1. The fourth-order valence-electron chi connectivity index (χ4n) is 1.81. The summed E-state index contributed by atoms with van der Waals surface area (Å²) in [6.07, 6.45) is 0. The summed E-state index contributed by atoms with van der Waals surface area (Å²) in [6.45, 7) is 0.374. The standard InChI is InChI=1S/C16H14Br2FNO2/c1-20(9-11-4-2-3-5-13(11)17)16(21)10-22-15-7-6-12(19)8-14(15)18/h2-8H,9-10H2,1H3. The highest BCUT2D eigenvalue weighted by molar-refractivity contribution is 9.10. The Bertz CT molecular complexity index is 679. The molecule has 6 heteroatoms. The van der Waals surface area contributed by atoms with Crippen LogP contribution in [0.5, 0.6) is 5.75 Å². The molecule has 0 aliphatic rings. The van der Waals surface area contributed by atoms with E-state index in [2.05, 4.69) is 31.9 Å². The first kappa shape index (κ1) is 17.0. The van der Waals surface area contributed by atoms with Crippen molar-refractivity contribution in [2.75, 3.05) is 13.7 Å². The topological polar surface area (TPSA) is 29.5 Å². The van der Waals surface area contributed by atoms with E-state index in [1.54, 1.807) is 11.9 Å². The van der Waals surface area contributed by atoms with Crippen LogP contribution >= 0.6 is 31.9 Å². The zero-order chi connectivity index (χ0) is 16.1. The largest absolute Gasteiger partial charge is 0.483 e. The highest BCUT2D eigenvalue weighted by Crippen LogP contribution is 2.25. The summed E-state index contributed by atoms with van der Waals surface area (Å²) in [5.41, 5.74) is 1.02. The lowest BCUT2D eigenvalue weighted by Crippen LogP contribution is -2.31. The molecule has 0 aliphatic heterocycles. The number of carbonyl (C=O) groups excluding carboxylic acids is 1. The number of nitrogens with zero attached hydrogens (tertiary/aromatic N) is 1. The number of benzene rings is 2. The molecule has 1 amide bonds. The monoisotopic (exact) mass is 429 g/mol. The van der Waals surface area contributed by atoms with Crippen LogP contribution in [-0.2, 0) is 11.3 Å². The minimum atomic E-state index is -0.364. The molecule has 2 aromatic carbocycles. The van der Waals surface area contributed by atoms with E-state index in [1.165, 1.54) is 18.2 Å². The van der Waals surface area contributed by atoms with E-state index >= 15 is 0 Å². The molecule has 0 saturated carbocycles. The summed E-state index contributed by atoms with van der Waals surface area (Å²) in [7, 11) is 1.71. The second-order valence-electron chi connectivity index (χ2n) is 4.70. The van der Waals surface area contributed by atoms with Gasteiger partial charge in [-0.25, -0.2) is 4.39 Å². The first-order valence-electron chi connectivity index (χ1n) is 6.52. The summed E-state index contributed by atoms with van der Waals surface area (Å²) in [6, 6.07) is 11.8. The lowest BCUT2D eigenvalue weighted by molar-refractivity contribution is -0.132. The lowest BCUT2D eigenvalue weighted by Gasteiger charge is -2.18. The van der Waals surface area contributed by atoms with Gasteiger partial charge in [-0.1, -0.05) is 34.1 Å². The van der Waals surface area contributed by atoms with Crippen molar-refractivity contribution in [2.45, 2.75) is 6.54 Å². The average Bonchev–Trinajstić information content (AvgIpc) is 2.48. The highest BCUT2D eigenvalue weighted by Gasteiger charge is 2.12. The molecule has 0 spiro atoms. The van der Waals surface area contributed by atoms with Gasteiger partial charge in [0, 0.05) is 18.1 Å². The molecule has 0 bridgehead atoms. The van der Waals surface area contributed by atoms with E-state index in [-0.39, 0.29) is 18.3 Å². The minimum Gasteiger partial charge on any atom is -0.483 e. The van der Waals surface area contributed by atoms with Crippen LogP contribution in [0.2, 0.25) is 0 Å². The first-order valence-corrected chi connectivity index (χ1v) is 8.11. The molecule has 0 fully saturated rings. The van der Waals surface area contributed by atoms with Gasteiger partial charge in [-0.05, 0) is 45.8 Å². The Labute approximate surface area is 145 Å². The molecular weight excluding hydrogens is 417 g/mol. The van der Waals surface area contributed by atoms with Crippen LogP contribution in [0.15, 0.2) is 51.4 Å². The third-order valence-electron chi connectivity index (χ3n) is 3.04. The smallest absolute Gasteiger partial charge is 0.260 e. The molecule has 0 unspecified atom stereocenters. The number of rotatable bonds is 5. The van der Waals surface area contributed by atoms with Gasteiger partial charge in [0.2, 0.25) is 0 Å². The van der Waals surface area contributed by atoms with Gasteiger partial charge in [0.25, 0.3) is 5.91 Å². The quantitative estimate of drug-likeness (QED) is 0.704. The third kappa shape index (κ3) is 4.55. The Morgan fingerprint density at radius 2 is 1.91 bits per heavy atom. The van der Waals surface area contributed by atoms with Crippen molar-refractivity contribution >= 4 is 37.8 Å². The zero-order valence-electron chi connectivity index (χ0n) is 11.9. The normalized spacial score (nSPS) is 10.4. The molecule has 0 heterocycles. The molecule has 22 heavy (non-hydrogen) atoms. The van der Waals surface area contributed by atoms with Crippen LogP contribution in [0.1, 0.15) is 5.56 Å². The van der Waals surface area contributed by atoms with E-state index < -0.39 is 0 Å². The summed E-state index contributed by atoms with van der Waals surface area (Å²) in [5.74, 6) is -0.0902. The van der Waals surface area contributed by atoms with E-state index in [4.69, 9.17) is 4.74 Å². The van der Waals surface area contributed by atoms with Gasteiger partial charge in [-0.15, -0.1) is 0 Å². The zero-order valence-corrected chi connectivity index (χ0v) is 15.0. The van der Waals surface area contributed by atoms with E-state index in [0.29, 0.717) is 16.8 Å². The highest BCUT2D eigenvalue weighted by atomic mass is 79.9. The Morgan fingerprint density at radius 1 is 1.18 bits per heavy atom. The fourth-order valence-corrected chi connectivity index (χ4v) is 2.69. The number of halogens is 3. The van der Waals surface area contributed by atoms with Crippen LogP contribution in [-0.4, -0.2) is 24.5 Å². The van der Waals surface area contributed by atoms with Gasteiger partial charge in [-0.3, -0.25) is 4.79 Å². The number of hydrogen-bond donors (Lipinski definition) is 0. The maximum Gasteiger partial charge on any atom is 0.260 e. The first-order chi connectivity index (χ1) is 10.5. The number of ether oxygens (including phenoxy) is 1. The number of amides is 1. The third-order valence-corrected chi connectivity index (χ3v) is 4.43. The molecule has 0 radical (unpaired) electrons. The van der Waals surface area contributed by atoms with Crippen molar-refractivity contribution in [1.82, 2.24) is 4.90 Å². The van der Waals surface area contributed by atoms with Crippen LogP contribution in [0.3, 0.4) is 0 Å². The molecule has 0 saturated heterocycles. The number of carbonyl (C=O) groups is 1. The van der Waals surface area contributed by atoms with E-state index in [0.717, 1.165) is 10.0 Å². The predicted molar refractivity (Wildman–Crippen MR) is 90.2 cm³/mol. The Morgan fingerprint density at radius 3 is 2.59 bits per heavy atom.